The van der Waals surface area contributed by atoms with Crippen LogP contribution in [0.3, 0.4) is 0 Å². The Kier molecular flexibility index (Phi) is 3.11. The van der Waals surface area contributed by atoms with Crippen LogP contribution in [0.1, 0.15) is 5.56 Å². The predicted octanol–water partition coefficient (Wildman–Crippen LogP) is 3.94. The highest BCUT2D eigenvalue weighted by atomic mass is 79.9. The van der Waals surface area contributed by atoms with Crippen LogP contribution in [0, 0.1) is 0 Å². The standard InChI is InChI=1S/C16H13BrN/c17-15-9-4-10-16-14(15)8-5-11-18(16)12-13-6-2-1-3-7-13/h1-11H,12H2/q+1. The maximum absolute atomic E-state index is 3.60. The predicted molar refractivity (Wildman–Crippen MR) is 77.4 cm³/mol. The van der Waals surface area contributed by atoms with Crippen molar-refractivity contribution in [2.24, 2.45) is 0 Å². The molecule has 0 bridgehead atoms. The summed E-state index contributed by atoms with van der Waals surface area (Å²) in [6.45, 7) is 0.897. The van der Waals surface area contributed by atoms with Crippen molar-refractivity contribution in [2.75, 3.05) is 0 Å². The van der Waals surface area contributed by atoms with Crippen molar-refractivity contribution in [2.45, 2.75) is 6.54 Å². The van der Waals surface area contributed by atoms with Crippen molar-refractivity contribution in [1.82, 2.24) is 0 Å². The number of pyridine rings is 1. The molecule has 0 aliphatic carbocycles. The fraction of sp³-hybridized carbons (Fsp3) is 0.0625. The fourth-order valence-corrected chi connectivity index (χ4v) is 2.67. The lowest BCUT2D eigenvalue weighted by molar-refractivity contribution is -0.662. The van der Waals surface area contributed by atoms with Crippen LogP contribution in [-0.2, 0) is 6.54 Å². The minimum atomic E-state index is 0.897. The van der Waals surface area contributed by atoms with Gasteiger partial charge in [-0.15, -0.1) is 0 Å². The van der Waals surface area contributed by atoms with E-state index >= 15 is 0 Å². The Bertz CT molecular complexity index is 677. The first-order chi connectivity index (χ1) is 8.84. The van der Waals surface area contributed by atoms with Crippen molar-refractivity contribution < 1.29 is 4.57 Å². The third-order valence-electron chi connectivity index (χ3n) is 3.06. The van der Waals surface area contributed by atoms with E-state index in [0.717, 1.165) is 11.0 Å². The van der Waals surface area contributed by atoms with Crippen LogP contribution >= 0.6 is 15.9 Å². The van der Waals surface area contributed by atoms with E-state index in [1.54, 1.807) is 0 Å². The van der Waals surface area contributed by atoms with E-state index in [1.165, 1.54) is 16.5 Å². The Morgan fingerprint density at radius 2 is 1.67 bits per heavy atom. The number of halogens is 1. The lowest BCUT2D eigenvalue weighted by Gasteiger charge is -2.02. The first-order valence-corrected chi connectivity index (χ1v) is 6.74. The summed E-state index contributed by atoms with van der Waals surface area (Å²) in [6, 6.07) is 21.1. The summed E-state index contributed by atoms with van der Waals surface area (Å²) in [5, 5.41) is 1.25. The van der Waals surface area contributed by atoms with Crippen LogP contribution in [0.4, 0.5) is 0 Å². The normalized spacial score (nSPS) is 10.7. The summed E-state index contributed by atoms with van der Waals surface area (Å²) in [6.07, 6.45) is 2.13. The lowest BCUT2D eigenvalue weighted by atomic mass is 10.2. The Morgan fingerprint density at radius 3 is 2.50 bits per heavy atom. The Balaban J connectivity index is 2.10. The number of benzene rings is 2. The van der Waals surface area contributed by atoms with Gasteiger partial charge in [-0.2, -0.15) is 4.57 Å². The summed E-state index contributed by atoms with van der Waals surface area (Å²) >= 11 is 3.60. The van der Waals surface area contributed by atoms with E-state index in [1.807, 2.05) is 6.07 Å². The van der Waals surface area contributed by atoms with Gasteiger partial charge in [-0.05, 0) is 28.1 Å². The first-order valence-electron chi connectivity index (χ1n) is 5.95. The zero-order chi connectivity index (χ0) is 12.4. The molecule has 1 heterocycles. The molecule has 0 atom stereocenters. The van der Waals surface area contributed by atoms with E-state index in [0.29, 0.717) is 0 Å². The molecule has 88 valence electrons. The zero-order valence-corrected chi connectivity index (χ0v) is 11.5. The van der Waals surface area contributed by atoms with Crippen LogP contribution < -0.4 is 4.57 Å². The zero-order valence-electron chi connectivity index (χ0n) is 9.88. The maximum Gasteiger partial charge on any atom is 0.213 e. The van der Waals surface area contributed by atoms with Gasteiger partial charge in [0.1, 0.15) is 0 Å². The topological polar surface area (TPSA) is 3.88 Å². The molecule has 0 radical (unpaired) electrons. The van der Waals surface area contributed by atoms with Crippen molar-refractivity contribution in [1.29, 1.82) is 0 Å². The molecule has 0 saturated heterocycles. The Labute approximate surface area is 115 Å². The molecular weight excluding hydrogens is 286 g/mol. The number of fused-ring (bicyclic) bond motifs is 1. The van der Waals surface area contributed by atoms with E-state index in [2.05, 4.69) is 81.3 Å². The minimum Gasteiger partial charge on any atom is -0.194 e. The molecule has 2 aromatic carbocycles. The maximum atomic E-state index is 3.60. The Hall–Kier alpha value is -1.67. The molecule has 18 heavy (non-hydrogen) atoms. The highest BCUT2D eigenvalue weighted by Crippen LogP contribution is 2.20. The molecule has 0 saturated carbocycles. The van der Waals surface area contributed by atoms with Crippen LogP contribution in [0.25, 0.3) is 10.9 Å². The number of nitrogens with zero attached hydrogens (tertiary/aromatic N) is 1. The molecule has 0 aliphatic rings. The first kappa shape index (κ1) is 11.4. The summed E-state index contributed by atoms with van der Waals surface area (Å²) in [7, 11) is 0. The molecule has 1 nitrogen and oxygen atoms in total. The van der Waals surface area contributed by atoms with Crippen LogP contribution in [-0.4, -0.2) is 0 Å². The van der Waals surface area contributed by atoms with Gasteiger partial charge in [0.15, 0.2) is 12.7 Å². The summed E-state index contributed by atoms with van der Waals surface area (Å²) in [5.74, 6) is 0. The lowest BCUT2D eigenvalue weighted by Crippen LogP contribution is -2.34. The SMILES string of the molecule is Brc1cccc2c1ccc[n+]2Cc1ccccc1. The van der Waals surface area contributed by atoms with Crippen molar-refractivity contribution in [3.05, 3.63) is 76.9 Å². The molecule has 0 N–H and O–H groups in total. The average Bonchev–Trinajstić information content (AvgIpc) is 2.41. The van der Waals surface area contributed by atoms with Gasteiger partial charge >= 0.3 is 0 Å². The highest BCUT2D eigenvalue weighted by Gasteiger charge is 2.10. The summed E-state index contributed by atoms with van der Waals surface area (Å²) in [4.78, 5) is 0. The van der Waals surface area contributed by atoms with Gasteiger partial charge in [-0.1, -0.05) is 36.4 Å². The molecular formula is C16H13BrN+. The van der Waals surface area contributed by atoms with Gasteiger partial charge in [-0.25, -0.2) is 0 Å². The van der Waals surface area contributed by atoms with Gasteiger partial charge in [0.05, 0.1) is 5.39 Å². The minimum absolute atomic E-state index is 0.897. The van der Waals surface area contributed by atoms with E-state index in [-0.39, 0.29) is 0 Å². The third kappa shape index (κ3) is 2.16. The van der Waals surface area contributed by atoms with E-state index < -0.39 is 0 Å². The van der Waals surface area contributed by atoms with Gasteiger partial charge in [0, 0.05) is 22.2 Å². The number of aromatic nitrogens is 1. The van der Waals surface area contributed by atoms with Crippen LogP contribution in [0.2, 0.25) is 0 Å². The average molecular weight is 299 g/mol. The van der Waals surface area contributed by atoms with Crippen molar-refractivity contribution in [3.63, 3.8) is 0 Å². The molecule has 3 aromatic rings. The van der Waals surface area contributed by atoms with Gasteiger partial charge in [-0.3, -0.25) is 0 Å². The van der Waals surface area contributed by atoms with Crippen LogP contribution in [0.5, 0.6) is 0 Å². The number of hydrogen-bond donors (Lipinski definition) is 0. The largest absolute Gasteiger partial charge is 0.213 e. The molecule has 0 fully saturated rings. The van der Waals surface area contributed by atoms with Gasteiger partial charge in [0.25, 0.3) is 0 Å². The van der Waals surface area contributed by atoms with Gasteiger partial charge in [0.2, 0.25) is 5.52 Å². The molecule has 0 amide bonds. The molecule has 0 unspecified atom stereocenters. The van der Waals surface area contributed by atoms with E-state index in [9.17, 15) is 0 Å². The quantitative estimate of drug-likeness (QED) is 0.631. The smallest absolute Gasteiger partial charge is 0.194 e. The number of rotatable bonds is 2. The molecule has 1 aromatic heterocycles. The van der Waals surface area contributed by atoms with Crippen molar-refractivity contribution >= 4 is 26.8 Å². The second kappa shape index (κ2) is 4.91. The number of hydrogen-bond acceptors (Lipinski definition) is 0. The molecule has 2 heteroatoms. The third-order valence-corrected chi connectivity index (χ3v) is 3.76. The second-order valence-corrected chi connectivity index (χ2v) is 5.15. The second-order valence-electron chi connectivity index (χ2n) is 4.29. The molecule has 0 aliphatic heterocycles. The summed E-state index contributed by atoms with van der Waals surface area (Å²) < 4.78 is 3.41. The van der Waals surface area contributed by atoms with Gasteiger partial charge < -0.3 is 0 Å². The highest BCUT2D eigenvalue weighted by molar-refractivity contribution is 9.10. The van der Waals surface area contributed by atoms with Crippen molar-refractivity contribution in [3.8, 4) is 0 Å². The Morgan fingerprint density at radius 1 is 0.833 bits per heavy atom. The monoisotopic (exact) mass is 298 g/mol. The molecule has 3 rings (SSSR count). The van der Waals surface area contributed by atoms with E-state index in [4.69, 9.17) is 0 Å². The molecule has 0 spiro atoms. The van der Waals surface area contributed by atoms with Crippen LogP contribution in [0.15, 0.2) is 71.3 Å². The summed E-state index contributed by atoms with van der Waals surface area (Å²) in [5.41, 5.74) is 2.56. The fourth-order valence-electron chi connectivity index (χ4n) is 2.18.